The maximum Gasteiger partial charge on any atom is 0.257 e. The number of carbonyl (C=O) groups excluding carboxylic acids is 1. The molecule has 2 aromatic carbocycles. The molecule has 6 nitrogen and oxygen atoms in total. The van der Waals surface area contributed by atoms with Crippen LogP contribution < -0.4 is 0 Å². The summed E-state index contributed by atoms with van der Waals surface area (Å²) < 4.78 is 0.748. The number of phenols is 2. The van der Waals surface area contributed by atoms with Crippen molar-refractivity contribution in [3.05, 3.63) is 57.6 Å². The Bertz CT molecular complexity index is 998. The Morgan fingerprint density at radius 3 is 2.63 bits per heavy atom. The molecule has 1 atom stereocenters. The molecule has 1 amide bonds. The topological polar surface area (TPSA) is 87.8 Å². The van der Waals surface area contributed by atoms with Gasteiger partial charge >= 0.3 is 0 Å². The molecule has 0 spiro atoms. The Labute approximate surface area is 184 Å². The predicted octanol–water partition coefficient (Wildman–Crippen LogP) is 3.72. The van der Waals surface area contributed by atoms with Crippen LogP contribution in [0.4, 0.5) is 0 Å². The van der Waals surface area contributed by atoms with Crippen LogP contribution in [0.5, 0.6) is 11.5 Å². The number of hydrogen-bond donors (Lipinski definition) is 2. The largest absolute Gasteiger partial charge is 0.507 e. The highest BCUT2D eigenvalue weighted by atomic mass is 79.9. The van der Waals surface area contributed by atoms with Gasteiger partial charge in [-0.15, -0.1) is 0 Å². The van der Waals surface area contributed by atoms with Gasteiger partial charge in [-0.25, -0.2) is 0 Å². The van der Waals surface area contributed by atoms with Gasteiger partial charge in [0.25, 0.3) is 5.91 Å². The Balaban J connectivity index is 1.33. The van der Waals surface area contributed by atoms with E-state index in [-0.39, 0.29) is 17.4 Å². The van der Waals surface area contributed by atoms with E-state index in [2.05, 4.69) is 20.8 Å². The van der Waals surface area contributed by atoms with Crippen LogP contribution >= 0.6 is 15.9 Å². The monoisotopic (exact) mass is 469 g/mol. The quantitative estimate of drug-likeness (QED) is 0.712. The van der Waals surface area contributed by atoms with Crippen molar-refractivity contribution < 1.29 is 15.0 Å². The van der Waals surface area contributed by atoms with Crippen molar-refractivity contribution in [3.63, 3.8) is 0 Å². The standard InChI is InChI=1S/C23H24BrN3O3/c24-19-4-5-20(22(29)9-19)23(30)27-7-1-2-16(14-27)18-12-26(13-18)11-15-3-6-21(28)17(8-15)10-25/h3-6,8-9,16,18,28-29H,1-2,7,11-14H2. The molecule has 0 aromatic heterocycles. The van der Waals surface area contributed by atoms with Gasteiger partial charge < -0.3 is 15.1 Å². The van der Waals surface area contributed by atoms with Crippen molar-refractivity contribution in [2.45, 2.75) is 19.4 Å². The molecule has 1 unspecified atom stereocenters. The Morgan fingerprint density at radius 1 is 1.10 bits per heavy atom. The summed E-state index contributed by atoms with van der Waals surface area (Å²) in [6.45, 7) is 4.15. The molecule has 30 heavy (non-hydrogen) atoms. The number of aromatic hydroxyl groups is 2. The predicted molar refractivity (Wildman–Crippen MR) is 116 cm³/mol. The number of amides is 1. The fourth-order valence-electron chi connectivity index (χ4n) is 4.50. The van der Waals surface area contributed by atoms with Crippen molar-refractivity contribution in [2.24, 2.45) is 11.8 Å². The van der Waals surface area contributed by atoms with Crippen LogP contribution in [0.3, 0.4) is 0 Å². The number of phenolic OH excluding ortho intramolecular Hbond substituents is 2. The van der Waals surface area contributed by atoms with Crippen LogP contribution in [0.15, 0.2) is 40.9 Å². The maximum atomic E-state index is 12.9. The number of hydrogen-bond acceptors (Lipinski definition) is 5. The Kier molecular flexibility index (Phi) is 5.98. The van der Waals surface area contributed by atoms with Gasteiger partial charge in [-0.3, -0.25) is 9.69 Å². The average molecular weight is 470 g/mol. The van der Waals surface area contributed by atoms with E-state index in [1.54, 1.807) is 30.3 Å². The normalized spacial score (nSPS) is 19.9. The number of nitriles is 1. The van der Waals surface area contributed by atoms with Crippen molar-refractivity contribution in [3.8, 4) is 17.6 Å². The number of rotatable bonds is 4. The zero-order valence-corrected chi connectivity index (χ0v) is 18.2. The summed E-state index contributed by atoms with van der Waals surface area (Å²) >= 11 is 3.31. The fraction of sp³-hybridized carbons (Fsp3) is 0.391. The van der Waals surface area contributed by atoms with Gasteiger partial charge in [-0.2, -0.15) is 5.26 Å². The van der Waals surface area contributed by atoms with Crippen LogP contribution in [0.25, 0.3) is 0 Å². The van der Waals surface area contributed by atoms with E-state index in [0.717, 1.165) is 55.6 Å². The van der Waals surface area contributed by atoms with E-state index >= 15 is 0 Å². The molecule has 156 valence electrons. The van der Waals surface area contributed by atoms with Crippen LogP contribution in [-0.2, 0) is 6.54 Å². The molecule has 0 bridgehead atoms. The number of halogens is 1. The molecule has 4 rings (SSSR count). The summed E-state index contributed by atoms with van der Waals surface area (Å²) in [7, 11) is 0. The second kappa shape index (κ2) is 8.66. The van der Waals surface area contributed by atoms with Gasteiger partial charge in [0.1, 0.15) is 17.6 Å². The number of benzene rings is 2. The van der Waals surface area contributed by atoms with E-state index in [9.17, 15) is 15.0 Å². The number of likely N-dealkylation sites (tertiary alicyclic amines) is 2. The van der Waals surface area contributed by atoms with Gasteiger partial charge in [-0.05, 0) is 60.6 Å². The second-order valence-electron chi connectivity index (χ2n) is 8.23. The van der Waals surface area contributed by atoms with Gasteiger partial charge in [0.05, 0.1) is 11.1 Å². The van der Waals surface area contributed by atoms with Gasteiger partial charge in [0.2, 0.25) is 0 Å². The second-order valence-corrected chi connectivity index (χ2v) is 9.15. The molecule has 2 aliphatic rings. The smallest absolute Gasteiger partial charge is 0.257 e. The molecule has 0 aliphatic carbocycles. The lowest BCUT2D eigenvalue weighted by Gasteiger charge is -2.46. The first-order valence-electron chi connectivity index (χ1n) is 10.2. The van der Waals surface area contributed by atoms with E-state index in [0.29, 0.717) is 23.0 Å². The molecule has 2 saturated heterocycles. The third-order valence-electron chi connectivity index (χ3n) is 6.17. The summed E-state index contributed by atoms with van der Waals surface area (Å²) in [5.41, 5.74) is 1.69. The van der Waals surface area contributed by atoms with E-state index in [1.165, 1.54) is 0 Å². The molecule has 2 fully saturated rings. The molecule has 2 heterocycles. The molecular formula is C23H24BrN3O3. The molecule has 0 radical (unpaired) electrons. The number of piperidine rings is 1. The number of nitrogens with zero attached hydrogens (tertiary/aromatic N) is 3. The van der Waals surface area contributed by atoms with Gasteiger partial charge in [0.15, 0.2) is 0 Å². The van der Waals surface area contributed by atoms with Gasteiger partial charge in [-0.1, -0.05) is 22.0 Å². The lowest BCUT2D eigenvalue weighted by atomic mass is 9.80. The molecule has 2 aliphatic heterocycles. The van der Waals surface area contributed by atoms with E-state index < -0.39 is 0 Å². The lowest BCUT2D eigenvalue weighted by Crippen LogP contribution is -2.53. The first-order chi connectivity index (χ1) is 14.4. The first kappa shape index (κ1) is 20.7. The minimum absolute atomic E-state index is 0.0111. The molecule has 0 saturated carbocycles. The minimum atomic E-state index is -0.103. The minimum Gasteiger partial charge on any atom is -0.507 e. The van der Waals surface area contributed by atoms with Crippen LogP contribution in [-0.4, -0.2) is 52.1 Å². The molecular weight excluding hydrogens is 446 g/mol. The maximum absolute atomic E-state index is 12.9. The SMILES string of the molecule is N#Cc1cc(CN2CC(C3CCCN(C(=O)c4ccc(Br)cc4O)C3)C2)ccc1O. The third-order valence-corrected chi connectivity index (χ3v) is 6.67. The zero-order chi connectivity index (χ0) is 21.3. The summed E-state index contributed by atoms with van der Waals surface area (Å²) in [5, 5.41) is 28.9. The summed E-state index contributed by atoms with van der Waals surface area (Å²) in [6.07, 6.45) is 2.10. The summed E-state index contributed by atoms with van der Waals surface area (Å²) in [4.78, 5) is 17.1. The highest BCUT2D eigenvalue weighted by molar-refractivity contribution is 9.10. The zero-order valence-electron chi connectivity index (χ0n) is 16.6. The van der Waals surface area contributed by atoms with E-state index in [1.807, 2.05) is 17.0 Å². The lowest BCUT2D eigenvalue weighted by molar-refractivity contribution is 0.0169. The van der Waals surface area contributed by atoms with E-state index in [4.69, 9.17) is 5.26 Å². The summed E-state index contributed by atoms with van der Waals surface area (Å²) in [6, 6.07) is 12.2. The highest BCUT2D eigenvalue weighted by Crippen LogP contribution is 2.33. The fourth-order valence-corrected chi connectivity index (χ4v) is 4.85. The third kappa shape index (κ3) is 4.30. The van der Waals surface area contributed by atoms with Crippen LogP contribution in [0.2, 0.25) is 0 Å². The molecule has 2 N–H and O–H groups in total. The summed E-state index contributed by atoms with van der Waals surface area (Å²) in [5.74, 6) is 0.940. The highest BCUT2D eigenvalue weighted by Gasteiger charge is 2.37. The van der Waals surface area contributed by atoms with Crippen molar-refractivity contribution in [2.75, 3.05) is 26.2 Å². The Hall–Kier alpha value is -2.56. The van der Waals surface area contributed by atoms with Crippen LogP contribution in [0.1, 0.15) is 34.3 Å². The Morgan fingerprint density at radius 2 is 1.90 bits per heavy atom. The van der Waals surface area contributed by atoms with Crippen molar-refractivity contribution in [1.82, 2.24) is 9.80 Å². The van der Waals surface area contributed by atoms with Gasteiger partial charge in [0, 0.05) is 37.2 Å². The van der Waals surface area contributed by atoms with Crippen molar-refractivity contribution in [1.29, 1.82) is 5.26 Å². The molecule has 7 heteroatoms. The van der Waals surface area contributed by atoms with Crippen LogP contribution in [0, 0.1) is 23.2 Å². The number of carbonyl (C=O) groups is 1. The van der Waals surface area contributed by atoms with Crippen molar-refractivity contribution >= 4 is 21.8 Å². The molecule has 2 aromatic rings. The average Bonchev–Trinajstić information content (AvgIpc) is 2.71. The first-order valence-corrected chi connectivity index (χ1v) is 11.0.